The molecule has 0 aliphatic heterocycles. The molecule has 1 aliphatic rings. The number of hydrogen-bond acceptors (Lipinski definition) is 3. The molecule has 0 heterocycles. The van der Waals surface area contributed by atoms with Gasteiger partial charge in [-0.3, -0.25) is 9.59 Å². The van der Waals surface area contributed by atoms with Crippen LogP contribution in [0.25, 0.3) is 0 Å². The molecule has 2 atom stereocenters. The van der Waals surface area contributed by atoms with Gasteiger partial charge in [0.15, 0.2) is 5.78 Å². The lowest BCUT2D eigenvalue weighted by Crippen LogP contribution is -2.25. The largest absolute Gasteiger partial charge is 0.497 e. The molecular weight excluding hydrogens is 312 g/mol. The van der Waals surface area contributed by atoms with E-state index in [-0.39, 0.29) is 5.78 Å². The van der Waals surface area contributed by atoms with E-state index in [0.717, 1.165) is 6.42 Å². The van der Waals surface area contributed by atoms with Gasteiger partial charge in [0.1, 0.15) is 5.75 Å². The van der Waals surface area contributed by atoms with Crippen LogP contribution in [-0.4, -0.2) is 24.0 Å². The third-order valence-electron chi connectivity index (χ3n) is 3.61. The van der Waals surface area contributed by atoms with E-state index in [2.05, 4.69) is 15.9 Å². The molecule has 4 nitrogen and oxygen atoms in total. The van der Waals surface area contributed by atoms with Crippen LogP contribution in [0.2, 0.25) is 0 Å². The highest BCUT2D eigenvalue weighted by atomic mass is 79.9. The van der Waals surface area contributed by atoms with Gasteiger partial charge < -0.3 is 9.84 Å². The zero-order valence-electron chi connectivity index (χ0n) is 10.6. The summed E-state index contributed by atoms with van der Waals surface area (Å²) in [6.45, 7) is 0. The van der Waals surface area contributed by atoms with Crippen LogP contribution in [0, 0.1) is 11.8 Å². The lowest BCUT2D eigenvalue weighted by molar-refractivity contribution is -0.142. The Morgan fingerprint density at radius 1 is 1.32 bits per heavy atom. The van der Waals surface area contributed by atoms with Crippen LogP contribution in [-0.2, 0) is 4.79 Å². The lowest BCUT2D eigenvalue weighted by Gasteiger charge is -2.15. The molecule has 1 fully saturated rings. The van der Waals surface area contributed by atoms with E-state index in [9.17, 15) is 9.59 Å². The van der Waals surface area contributed by atoms with Gasteiger partial charge in [-0.2, -0.15) is 0 Å². The third kappa shape index (κ3) is 2.81. The van der Waals surface area contributed by atoms with Gasteiger partial charge in [0.2, 0.25) is 0 Å². The zero-order valence-corrected chi connectivity index (χ0v) is 12.1. The van der Waals surface area contributed by atoms with Gasteiger partial charge in [0.05, 0.1) is 13.0 Å². The second kappa shape index (κ2) is 5.74. The molecule has 0 amide bonds. The number of rotatable bonds is 4. The third-order valence-corrected chi connectivity index (χ3v) is 4.27. The monoisotopic (exact) mass is 326 g/mol. The highest BCUT2D eigenvalue weighted by molar-refractivity contribution is 9.10. The molecule has 19 heavy (non-hydrogen) atoms. The summed E-state index contributed by atoms with van der Waals surface area (Å²) in [6.07, 6.45) is 2.02. The summed E-state index contributed by atoms with van der Waals surface area (Å²) in [5, 5.41) is 9.15. The standard InChI is InChI=1S/C14H15BrO4/c1-19-8-5-6-11(12(15)7-8)13(16)9-3-2-4-10(9)14(17)18/h5-7,9-10H,2-4H2,1H3,(H,17,18). The number of carbonyl (C=O) groups excluding carboxylic acids is 1. The number of aliphatic carboxylic acids is 1. The van der Waals surface area contributed by atoms with E-state index in [0.29, 0.717) is 28.6 Å². The molecular formula is C14H15BrO4. The van der Waals surface area contributed by atoms with Crippen molar-refractivity contribution < 1.29 is 19.4 Å². The van der Waals surface area contributed by atoms with Gasteiger partial charge in [0, 0.05) is 16.0 Å². The first-order valence-corrected chi connectivity index (χ1v) is 6.94. The van der Waals surface area contributed by atoms with Crippen LogP contribution in [0.1, 0.15) is 29.6 Å². The number of benzene rings is 1. The van der Waals surface area contributed by atoms with Crippen LogP contribution < -0.4 is 4.74 Å². The summed E-state index contributed by atoms with van der Waals surface area (Å²) in [4.78, 5) is 23.6. The number of ketones is 1. The van der Waals surface area contributed by atoms with Crippen molar-refractivity contribution in [2.45, 2.75) is 19.3 Å². The minimum atomic E-state index is -0.875. The number of hydrogen-bond donors (Lipinski definition) is 1. The molecule has 0 saturated heterocycles. The predicted molar refractivity (Wildman–Crippen MR) is 73.5 cm³/mol. The molecule has 5 heteroatoms. The second-order valence-corrected chi connectivity index (χ2v) is 5.55. The molecule has 2 unspecified atom stereocenters. The number of methoxy groups -OCH3 is 1. The Morgan fingerprint density at radius 2 is 2.00 bits per heavy atom. The van der Waals surface area contributed by atoms with E-state index in [1.165, 1.54) is 0 Å². The quantitative estimate of drug-likeness (QED) is 0.863. The van der Waals surface area contributed by atoms with Crippen LogP contribution in [0.4, 0.5) is 0 Å². The lowest BCUT2D eigenvalue weighted by atomic mass is 9.88. The Morgan fingerprint density at radius 3 is 2.58 bits per heavy atom. The molecule has 1 saturated carbocycles. The van der Waals surface area contributed by atoms with Crippen molar-refractivity contribution in [3.05, 3.63) is 28.2 Å². The number of ether oxygens (including phenoxy) is 1. The predicted octanol–water partition coefficient (Wildman–Crippen LogP) is 3.14. The smallest absolute Gasteiger partial charge is 0.307 e. The van der Waals surface area contributed by atoms with Gasteiger partial charge in [-0.05, 0) is 47.0 Å². The van der Waals surface area contributed by atoms with Crippen LogP contribution in [0.5, 0.6) is 5.75 Å². The molecule has 0 bridgehead atoms. The first-order valence-electron chi connectivity index (χ1n) is 6.15. The van der Waals surface area contributed by atoms with Crippen molar-refractivity contribution in [1.82, 2.24) is 0 Å². The number of carboxylic acid groups (broad SMARTS) is 1. The number of Topliss-reactive ketones (excluding diaryl/α,β-unsaturated/α-hetero) is 1. The number of carbonyl (C=O) groups is 2. The van der Waals surface area contributed by atoms with Gasteiger partial charge in [-0.1, -0.05) is 6.42 Å². The molecule has 0 radical (unpaired) electrons. The highest BCUT2D eigenvalue weighted by Crippen LogP contribution is 2.36. The van der Waals surface area contributed by atoms with E-state index in [4.69, 9.17) is 9.84 Å². The molecule has 1 aliphatic carbocycles. The molecule has 2 rings (SSSR count). The van der Waals surface area contributed by atoms with Crippen LogP contribution in [0.3, 0.4) is 0 Å². The maximum Gasteiger partial charge on any atom is 0.307 e. The van der Waals surface area contributed by atoms with Gasteiger partial charge in [-0.25, -0.2) is 0 Å². The minimum absolute atomic E-state index is 0.0978. The number of carboxylic acids is 1. The Labute approximate surface area is 119 Å². The van der Waals surface area contributed by atoms with E-state index >= 15 is 0 Å². The first-order chi connectivity index (χ1) is 9.04. The summed E-state index contributed by atoms with van der Waals surface area (Å²) in [5.41, 5.74) is 0.527. The first kappa shape index (κ1) is 14.1. The molecule has 102 valence electrons. The van der Waals surface area contributed by atoms with Crippen LogP contribution in [0.15, 0.2) is 22.7 Å². The Bertz CT molecular complexity index is 512. The summed E-state index contributed by atoms with van der Waals surface area (Å²) in [7, 11) is 1.56. The highest BCUT2D eigenvalue weighted by Gasteiger charge is 2.38. The maximum absolute atomic E-state index is 12.4. The summed E-state index contributed by atoms with van der Waals surface area (Å²) in [5.74, 6) is -1.28. The maximum atomic E-state index is 12.4. The fourth-order valence-electron chi connectivity index (χ4n) is 2.59. The molecule has 1 N–H and O–H groups in total. The van der Waals surface area contributed by atoms with Crippen molar-refractivity contribution in [3.63, 3.8) is 0 Å². The average Bonchev–Trinajstić information content (AvgIpc) is 2.87. The molecule has 0 aromatic heterocycles. The van der Waals surface area contributed by atoms with E-state index in [1.54, 1.807) is 25.3 Å². The topological polar surface area (TPSA) is 63.6 Å². The average molecular weight is 327 g/mol. The number of halogens is 1. The molecule has 1 aromatic rings. The van der Waals surface area contributed by atoms with Crippen LogP contribution >= 0.6 is 15.9 Å². The van der Waals surface area contributed by atoms with Crippen molar-refractivity contribution in [2.75, 3.05) is 7.11 Å². The van der Waals surface area contributed by atoms with Crippen molar-refractivity contribution in [3.8, 4) is 5.75 Å². The minimum Gasteiger partial charge on any atom is -0.497 e. The Hall–Kier alpha value is -1.36. The van der Waals surface area contributed by atoms with Crippen molar-refractivity contribution >= 4 is 27.7 Å². The molecule has 0 spiro atoms. The Kier molecular flexibility index (Phi) is 4.24. The van der Waals surface area contributed by atoms with Crippen molar-refractivity contribution in [2.24, 2.45) is 11.8 Å². The summed E-state index contributed by atoms with van der Waals surface area (Å²) < 4.78 is 5.73. The molecule has 1 aromatic carbocycles. The zero-order chi connectivity index (χ0) is 14.0. The summed E-state index contributed by atoms with van der Waals surface area (Å²) in [6, 6.07) is 5.11. The van der Waals surface area contributed by atoms with Gasteiger partial charge in [0.25, 0.3) is 0 Å². The SMILES string of the molecule is COc1ccc(C(=O)C2CCCC2C(=O)O)c(Br)c1. The fraction of sp³-hybridized carbons (Fsp3) is 0.429. The Balaban J connectivity index is 2.26. The van der Waals surface area contributed by atoms with E-state index < -0.39 is 17.8 Å². The van der Waals surface area contributed by atoms with Gasteiger partial charge >= 0.3 is 5.97 Å². The summed E-state index contributed by atoms with van der Waals surface area (Å²) >= 11 is 3.34. The van der Waals surface area contributed by atoms with E-state index in [1.807, 2.05) is 0 Å². The normalized spacial score (nSPS) is 22.2. The van der Waals surface area contributed by atoms with Gasteiger partial charge in [-0.15, -0.1) is 0 Å². The fourth-order valence-corrected chi connectivity index (χ4v) is 3.14. The van der Waals surface area contributed by atoms with Crippen molar-refractivity contribution in [1.29, 1.82) is 0 Å². The second-order valence-electron chi connectivity index (χ2n) is 4.69.